The molecule has 0 saturated heterocycles. The topological polar surface area (TPSA) is 87.3 Å². The summed E-state index contributed by atoms with van der Waals surface area (Å²) in [6.45, 7) is 1.44. The Kier molecular flexibility index (Phi) is 6.04. The van der Waals surface area contributed by atoms with Crippen LogP contribution in [0.3, 0.4) is 0 Å². The lowest BCUT2D eigenvalue weighted by Gasteiger charge is -2.09. The molecule has 6 heteroatoms. The first-order valence-electron chi connectivity index (χ1n) is 9.08. The van der Waals surface area contributed by atoms with Crippen LogP contribution in [0.1, 0.15) is 27.6 Å². The van der Waals surface area contributed by atoms with Crippen molar-refractivity contribution >= 4 is 29.1 Å². The first-order valence-corrected chi connectivity index (χ1v) is 9.08. The largest absolute Gasteiger partial charge is 0.355 e. The number of hydrogen-bond acceptors (Lipinski definition) is 3. The molecule has 0 saturated carbocycles. The summed E-state index contributed by atoms with van der Waals surface area (Å²) >= 11 is 0. The lowest BCUT2D eigenvalue weighted by atomic mass is 10.0. The van der Waals surface area contributed by atoms with Gasteiger partial charge in [0.15, 0.2) is 0 Å². The highest BCUT2D eigenvalue weighted by Crippen LogP contribution is 2.22. The second-order valence-electron chi connectivity index (χ2n) is 6.45. The van der Waals surface area contributed by atoms with Gasteiger partial charge in [0.25, 0.3) is 11.8 Å². The van der Waals surface area contributed by atoms with Crippen LogP contribution in [0, 0.1) is 0 Å². The maximum Gasteiger partial charge on any atom is 0.255 e. The van der Waals surface area contributed by atoms with Crippen molar-refractivity contribution in [1.82, 2.24) is 5.32 Å². The molecule has 0 aromatic heterocycles. The molecule has 6 nitrogen and oxygen atoms in total. The number of hydrogen-bond donors (Lipinski definition) is 3. The Bertz CT molecular complexity index is 1060. The van der Waals surface area contributed by atoms with Gasteiger partial charge in [-0.1, -0.05) is 24.3 Å². The van der Waals surface area contributed by atoms with Crippen LogP contribution < -0.4 is 16.0 Å². The van der Waals surface area contributed by atoms with Crippen molar-refractivity contribution in [2.75, 3.05) is 17.7 Å². The van der Waals surface area contributed by atoms with Crippen LogP contribution in [0.5, 0.6) is 0 Å². The van der Waals surface area contributed by atoms with E-state index in [1.807, 2.05) is 18.2 Å². The summed E-state index contributed by atoms with van der Waals surface area (Å²) in [5.41, 5.74) is 4.02. The third kappa shape index (κ3) is 5.07. The highest BCUT2D eigenvalue weighted by atomic mass is 16.2. The van der Waals surface area contributed by atoms with Gasteiger partial charge in [0, 0.05) is 36.5 Å². The maximum absolute atomic E-state index is 12.6. The number of carbonyl (C=O) groups is 3. The van der Waals surface area contributed by atoms with Crippen molar-refractivity contribution in [3.63, 3.8) is 0 Å². The number of rotatable bonds is 5. The van der Waals surface area contributed by atoms with Gasteiger partial charge >= 0.3 is 0 Å². The molecule has 29 heavy (non-hydrogen) atoms. The Hall–Kier alpha value is -3.93. The summed E-state index contributed by atoms with van der Waals surface area (Å²) in [7, 11) is 1.59. The van der Waals surface area contributed by atoms with Crippen molar-refractivity contribution in [3.8, 4) is 11.1 Å². The molecule has 3 aromatic rings. The minimum atomic E-state index is -0.249. The van der Waals surface area contributed by atoms with E-state index in [0.717, 1.165) is 11.1 Å². The zero-order valence-corrected chi connectivity index (χ0v) is 16.2. The molecule has 3 aromatic carbocycles. The molecule has 3 rings (SSSR count). The monoisotopic (exact) mass is 387 g/mol. The van der Waals surface area contributed by atoms with E-state index in [9.17, 15) is 14.4 Å². The van der Waals surface area contributed by atoms with Gasteiger partial charge in [0.1, 0.15) is 0 Å². The van der Waals surface area contributed by atoms with E-state index in [1.165, 1.54) is 6.92 Å². The summed E-state index contributed by atoms with van der Waals surface area (Å²) in [4.78, 5) is 35.6. The molecule has 146 valence electrons. The number of nitrogens with one attached hydrogen (secondary N) is 3. The van der Waals surface area contributed by atoms with Crippen LogP contribution in [0.2, 0.25) is 0 Å². The van der Waals surface area contributed by atoms with Crippen molar-refractivity contribution in [1.29, 1.82) is 0 Å². The second kappa shape index (κ2) is 8.84. The number of benzene rings is 3. The third-order valence-corrected chi connectivity index (χ3v) is 4.27. The molecule has 0 aliphatic carbocycles. The van der Waals surface area contributed by atoms with Crippen LogP contribution >= 0.6 is 0 Å². The van der Waals surface area contributed by atoms with Crippen LogP contribution in [0.4, 0.5) is 11.4 Å². The molecule has 0 radical (unpaired) electrons. The zero-order chi connectivity index (χ0) is 20.8. The Morgan fingerprint density at radius 3 is 1.62 bits per heavy atom. The normalized spacial score (nSPS) is 10.1. The number of carbonyl (C=O) groups excluding carboxylic acids is 3. The second-order valence-corrected chi connectivity index (χ2v) is 6.45. The molecule has 0 atom stereocenters. The fourth-order valence-corrected chi connectivity index (χ4v) is 2.87. The van der Waals surface area contributed by atoms with E-state index in [-0.39, 0.29) is 17.7 Å². The molecule has 0 aliphatic rings. The number of anilines is 2. The summed E-state index contributed by atoms with van der Waals surface area (Å²) in [6, 6.07) is 21.3. The predicted octanol–water partition coefficient (Wildman–Crippen LogP) is 3.92. The highest BCUT2D eigenvalue weighted by molar-refractivity contribution is 6.05. The van der Waals surface area contributed by atoms with Crippen LogP contribution in [-0.4, -0.2) is 24.8 Å². The molecular weight excluding hydrogens is 366 g/mol. The molecule has 0 fully saturated rings. The van der Waals surface area contributed by atoms with Crippen molar-refractivity contribution in [2.45, 2.75) is 6.92 Å². The van der Waals surface area contributed by atoms with E-state index < -0.39 is 0 Å². The van der Waals surface area contributed by atoms with Crippen LogP contribution in [0.25, 0.3) is 11.1 Å². The van der Waals surface area contributed by atoms with Crippen molar-refractivity contribution in [3.05, 3.63) is 83.9 Å². The molecular formula is C23H21N3O3. The Morgan fingerprint density at radius 1 is 0.655 bits per heavy atom. The van der Waals surface area contributed by atoms with Gasteiger partial charge in [-0.3, -0.25) is 14.4 Å². The lowest BCUT2D eigenvalue weighted by Crippen LogP contribution is -2.17. The first-order chi connectivity index (χ1) is 14.0. The molecule has 0 aliphatic heterocycles. The SMILES string of the molecule is CNC(=O)c1cccc(-c2cccc(C(=O)Nc3ccc(NC(C)=O)cc3)c2)c1. The molecule has 0 bridgehead atoms. The smallest absolute Gasteiger partial charge is 0.255 e. The van der Waals surface area contributed by atoms with Gasteiger partial charge in [-0.15, -0.1) is 0 Å². The molecule has 3 amide bonds. The minimum Gasteiger partial charge on any atom is -0.355 e. The zero-order valence-electron chi connectivity index (χ0n) is 16.2. The molecule has 0 spiro atoms. The van der Waals surface area contributed by atoms with Crippen molar-refractivity contribution < 1.29 is 14.4 Å². The third-order valence-electron chi connectivity index (χ3n) is 4.27. The molecule has 0 heterocycles. The van der Waals surface area contributed by atoms with Gasteiger partial charge in [0.2, 0.25) is 5.91 Å². The quantitative estimate of drug-likeness (QED) is 0.620. The summed E-state index contributed by atoms with van der Waals surface area (Å²) in [6.07, 6.45) is 0. The minimum absolute atomic E-state index is 0.154. The first kappa shape index (κ1) is 19.8. The Balaban J connectivity index is 1.78. The molecule has 0 unspecified atom stereocenters. The van der Waals surface area contributed by atoms with E-state index in [1.54, 1.807) is 61.6 Å². The maximum atomic E-state index is 12.6. The van der Waals surface area contributed by atoms with Crippen LogP contribution in [0.15, 0.2) is 72.8 Å². The summed E-state index contributed by atoms with van der Waals surface area (Å²) in [5, 5.41) is 8.12. The van der Waals surface area contributed by atoms with Gasteiger partial charge < -0.3 is 16.0 Å². The van der Waals surface area contributed by atoms with Gasteiger partial charge in [-0.2, -0.15) is 0 Å². The van der Waals surface area contributed by atoms with E-state index in [0.29, 0.717) is 22.5 Å². The van der Waals surface area contributed by atoms with Gasteiger partial charge in [-0.25, -0.2) is 0 Å². The van der Waals surface area contributed by atoms with Gasteiger partial charge in [0.05, 0.1) is 0 Å². The van der Waals surface area contributed by atoms with Gasteiger partial charge in [-0.05, 0) is 59.7 Å². The average molecular weight is 387 g/mol. The highest BCUT2D eigenvalue weighted by Gasteiger charge is 2.10. The Morgan fingerprint density at radius 2 is 1.14 bits per heavy atom. The van der Waals surface area contributed by atoms with E-state index in [4.69, 9.17) is 0 Å². The van der Waals surface area contributed by atoms with E-state index in [2.05, 4.69) is 16.0 Å². The standard InChI is InChI=1S/C23H21N3O3/c1-15(27)25-20-9-11-21(12-10-20)26-23(29)19-8-4-6-17(14-19)16-5-3-7-18(13-16)22(28)24-2/h3-14H,1-2H3,(H,24,28)(H,25,27)(H,26,29). The summed E-state index contributed by atoms with van der Waals surface area (Å²) in [5.74, 6) is -0.566. The Labute approximate surface area is 169 Å². The van der Waals surface area contributed by atoms with Crippen LogP contribution in [-0.2, 0) is 4.79 Å². The predicted molar refractivity (Wildman–Crippen MR) is 114 cm³/mol. The van der Waals surface area contributed by atoms with Crippen molar-refractivity contribution in [2.24, 2.45) is 0 Å². The lowest BCUT2D eigenvalue weighted by molar-refractivity contribution is -0.114. The fourth-order valence-electron chi connectivity index (χ4n) is 2.87. The fraction of sp³-hybridized carbons (Fsp3) is 0.0870. The molecule has 3 N–H and O–H groups in total. The number of amides is 3. The van der Waals surface area contributed by atoms with E-state index >= 15 is 0 Å². The average Bonchev–Trinajstić information content (AvgIpc) is 2.74. The summed E-state index contributed by atoms with van der Waals surface area (Å²) < 4.78 is 0.